The number of aromatic nitrogens is 2. The van der Waals surface area contributed by atoms with Gasteiger partial charge in [-0.2, -0.15) is 0 Å². The van der Waals surface area contributed by atoms with Crippen LogP contribution in [0.15, 0.2) is 18.3 Å². The Morgan fingerprint density at radius 1 is 1.29 bits per heavy atom. The summed E-state index contributed by atoms with van der Waals surface area (Å²) in [4.78, 5) is 35.2. The fourth-order valence-corrected chi connectivity index (χ4v) is 3.81. The molecule has 108 valence electrons. The fraction of sp³-hybridized carbons (Fsp3) is 0.385. The minimum atomic E-state index is -0.734. The van der Waals surface area contributed by atoms with Crippen LogP contribution in [0.3, 0.4) is 0 Å². The number of rotatable bonds is 1. The lowest BCUT2D eigenvalue weighted by Crippen LogP contribution is -2.54. The Morgan fingerprint density at radius 3 is 2.76 bits per heavy atom. The molecule has 2 saturated heterocycles. The summed E-state index contributed by atoms with van der Waals surface area (Å²) in [7, 11) is 0. The number of amides is 3. The van der Waals surface area contributed by atoms with E-state index in [0.29, 0.717) is 25.9 Å². The number of imide groups is 1. The van der Waals surface area contributed by atoms with Crippen molar-refractivity contribution in [2.45, 2.75) is 18.4 Å². The molecular formula is C13H13N5O2S. The van der Waals surface area contributed by atoms with Gasteiger partial charge in [-0.25, -0.2) is 14.8 Å². The maximum Gasteiger partial charge on any atom is 0.322 e. The molecule has 2 aromatic rings. The first-order valence-electron chi connectivity index (χ1n) is 6.76. The Hall–Kier alpha value is -2.22. The first-order valence-corrected chi connectivity index (χ1v) is 7.58. The molecule has 2 aliphatic heterocycles. The second-order valence-electron chi connectivity index (χ2n) is 5.30. The third-order valence-electron chi connectivity index (χ3n) is 4.06. The Balaban J connectivity index is 1.55. The molecule has 0 aliphatic carbocycles. The van der Waals surface area contributed by atoms with Crippen LogP contribution in [0.4, 0.5) is 9.93 Å². The molecule has 0 aromatic carbocycles. The second kappa shape index (κ2) is 4.39. The van der Waals surface area contributed by atoms with Crippen molar-refractivity contribution in [1.29, 1.82) is 0 Å². The Morgan fingerprint density at radius 2 is 2.10 bits per heavy atom. The number of carbonyl (C=O) groups is 2. The minimum absolute atomic E-state index is 0.210. The van der Waals surface area contributed by atoms with Gasteiger partial charge in [0.1, 0.15) is 15.9 Å². The van der Waals surface area contributed by atoms with Gasteiger partial charge in [0, 0.05) is 19.3 Å². The molecule has 2 aromatic heterocycles. The van der Waals surface area contributed by atoms with E-state index in [-0.39, 0.29) is 5.91 Å². The quantitative estimate of drug-likeness (QED) is 0.763. The van der Waals surface area contributed by atoms with Crippen LogP contribution in [0.5, 0.6) is 0 Å². The number of nitrogens with zero attached hydrogens (tertiary/aromatic N) is 3. The van der Waals surface area contributed by atoms with Gasteiger partial charge in [-0.3, -0.25) is 10.1 Å². The molecule has 3 amide bonds. The fourth-order valence-electron chi connectivity index (χ4n) is 2.85. The van der Waals surface area contributed by atoms with E-state index in [1.54, 1.807) is 17.5 Å². The average molecular weight is 303 g/mol. The number of carbonyl (C=O) groups excluding carboxylic acids is 2. The van der Waals surface area contributed by atoms with Crippen molar-refractivity contribution < 1.29 is 9.59 Å². The number of hydrogen-bond donors (Lipinski definition) is 2. The number of urea groups is 1. The molecule has 0 saturated carbocycles. The predicted octanol–water partition coefficient (Wildman–Crippen LogP) is 0.870. The minimum Gasteiger partial charge on any atom is -0.348 e. The standard InChI is InChI=1S/C13H13N5O2S/c19-10-13(17-11(20)16-10)3-6-18(7-4-13)12-15-8-2-1-5-14-9(8)21-12/h1-2,5H,3-4,6-7H2,(H2,16,17,19,20). The van der Waals surface area contributed by atoms with Crippen LogP contribution in [-0.4, -0.2) is 40.5 Å². The molecule has 8 heteroatoms. The van der Waals surface area contributed by atoms with E-state index in [1.165, 1.54) is 0 Å². The van der Waals surface area contributed by atoms with Crippen molar-refractivity contribution in [1.82, 2.24) is 20.6 Å². The molecule has 0 radical (unpaired) electrons. The van der Waals surface area contributed by atoms with Crippen molar-refractivity contribution in [2.75, 3.05) is 18.0 Å². The molecule has 21 heavy (non-hydrogen) atoms. The Kier molecular flexibility index (Phi) is 2.61. The van der Waals surface area contributed by atoms with Gasteiger partial charge in [0.15, 0.2) is 5.13 Å². The first kappa shape index (κ1) is 12.5. The van der Waals surface area contributed by atoms with Crippen LogP contribution in [0, 0.1) is 0 Å². The van der Waals surface area contributed by atoms with E-state index < -0.39 is 11.6 Å². The largest absolute Gasteiger partial charge is 0.348 e. The van der Waals surface area contributed by atoms with Gasteiger partial charge < -0.3 is 10.2 Å². The summed E-state index contributed by atoms with van der Waals surface area (Å²) >= 11 is 1.55. The van der Waals surface area contributed by atoms with Gasteiger partial charge in [0.05, 0.1) is 0 Å². The number of thiazole rings is 1. The van der Waals surface area contributed by atoms with Gasteiger partial charge in [-0.05, 0) is 25.0 Å². The lowest BCUT2D eigenvalue weighted by Gasteiger charge is -2.36. The summed E-state index contributed by atoms with van der Waals surface area (Å²) in [5.41, 5.74) is 0.160. The van der Waals surface area contributed by atoms with Gasteiger partial charge in [-0.15, -0.1) is 0 Å². The Bertz CT molecular complexity index is 702. The van der Waals surface area contributed by atoms with E-state index in [0.717, 1.165) is 15.5 Å². The van der Waals surface area contributed by atoms with E-state index in [1.807, 2.05) is 12.1 Å². The Labute approximate surface area is 124 Å². The van der Waals surface area contributed by atoms with Crippen molar-refractivity contribution in [3.63, 3.8) is 0 Å². The summed E-state index contributed by atoms with van der Waals surface area (Å²) in [5, 5.41) is 6.00. The summed E-state index contributed by atoms with van der Waals surface area (Å²) in [6.07, 6.45) is 2.94. The van der Waals surface area contributed by atoms with E-state index in [2.05, 4.69) is 25.5 Å². The number of anilines is 1. The van der Waals surface area contributed by atoms with Crippen LogP contribution >= 0.6 is 11.3 Å². The van der Waals surface area contributed by atoms with Crippen LogP contribution in [0.2, 0.25) is 0 Å². The van der Waals surface area contributed by atoms with Gasteiger partial charge in [0.2, 0.25) is 0 Å². The highest BCUT2D eigenvalue weighted by molar-refractivity contribution is 7.21. The van der Waals surface area contributed by atoms with Crippen molar-refractivity contribution >= 4 is 38.8 Å². The van der Waals surface area contributed by atoms with Gasteiger partial charge in [-0.1, -0.05) is 11.3 Å². The lowest BCUT2D eigenvalue weighted by molar-refractivity contribution is -0.124. The molecule has 2 aliphatic rings. The van der Waals surface area contributed by atoms with Gasteiger partial charge in [0.25, 0.3) is 5.91 Å². The molecule has 0 unspecified atom stereocenters. The van der Waals surface area contributed by atoms with Crippen molar-refractivity contribution in [3.05, 3.63) is 18.3 Å². The second-order valence-corrected chi connectivity index (χ2v) is 6.26. The van der Waals surface area contributed by atoms with E-state index in [4.69, 9.17) is 0 Å². The molecule has 4 heterocycles. The molecule has 1 spiro atoms. The van der Waals surface area contributed by atoms with E-state index in [9.17, 15) is 9.59 Å². The number of nitrogens with one attached hydrogen (secondary N) is 2. The summed E-state index contributed by atoms with van der Waals surface area (Å²) in [6.45, 7) is 1.38. The van der Waals surface area contributed by atoms with E-state index >= 15 is 0 Å². The number of hydrogen-bond acceptors (Lipinski definition) is 6. The van der Waals surface area contributed by atoms with Gasteiger partial charge >= 0.3 is 6.03 Å². The number of piperidine rings is 1. The van der Waals surface area contributed by atoms with Crippen LogP contribution < -0.4 is 15.5 Å². The lowest BCUT2D eigenvalue weighted by atomic mass is 9.88. The maximum atomic E-state index is 11.9. The molecule has 0 bridgehead atoms. The first-order chi connectivity index (χ1) is 10.2. The highest BCUT2D eigenvalue weighted by atomic mass is 32.1. The molecule has 2 N–H and O–H groups in total. The third-order valence-corrected chi connectivity index (χ3v) is 5.10. The number of fused-ring (bicyclic) bond motifs is 1. The SMILES string of the molecule is O=C1NC(=O)C2(CCN(c3nc4cccnc4s3)CC2)N1. The summed E-state index contributed by atoms with van der Waals surface area (Å²) < 4.78 is 0. The van der Waals surface area contributed by atoms with Crippen molar-refractivity contribution in [2.24, 2.45) is 0 Å². The summed E-state index contributed by atoms with van der Waals surface area (Å²) in [5.74, 6) is -0.210. The molecular weight excluding hydrogens is 290 g/mol. The average Bonchev–Trinajstić information content (AvgIpc) is 3.02. The highest BCUT2D eigenvalue weighted by Crippen LogP contribution is 2.32. The van der Waals surface area contributed by atoms with Crippen LogP contribution in [0.25, 0.3) is 10.3 Å². The van der Waals surface area contributed by atoms with Crippen LogP contribution in [-0.2, 0) is 4.79 Å². The van der Waals surface area contributed by atoms with Crippen LogP contribution in [0.1, 0.15) is 12.8 Å². The molecule has 0 atom stereocenters. The maximum absolute atomic E-state index is 11.9. The molecule has 2 fully saturated rings. The third kappa shape index (κ3) is 1.94. The normalized spacial score (nSPS) is 20.9. The predicted molar refractivity (Wildman–Crippen MR) is 78.3 cm³/mol. The topological polar surface area (TPSA) is 87.2 Å². The monoisotopic (exact) mass is 303 g/mol. The zero-order valence-corrected chi connectivity index (χ0v) is 11.9. The van der Waals surface area contributed by atoms with Crippen molar-refractivity contribution in [3.8, 4) is 0 Å². The summed E-state index contributed by atoms with van der Waals surface area (Å²) in [6, 6.07) is 3.42. The molecule has 4 rings (SSSR count). The number of pyridine rings is 1. The smallest absolute Gasteiger partial charge is 0.322 e. The zero-order chi connectivity index (χ0) is 14.4. The molecule has 7 nitrogen and oxygen atoms in total. The highest BCUT2D eigenvalue weighted by Gasteiger charge is 2.48. The zero-order valence-electron chi connectivity index (χ0n) is 11.1.